The molecule has 1 saturated carbocycles. The zero-order chi connectivity index (χ0) is 11.2. The standard InChI is InChI=1S/C14H19ClO/c15-13-8-6-12(7-9-13)10-11-16-14-4-2-1-3-5-14/h6-9,14H,1-5,10-11H2. The summed E-state index contributed by atoms with van der Waals surface area (Å²) in [6.07, 6.45) is 8.07. The van der Waals surface area contributed by atoms with Gasteiger partial charge in [0.1, 0.15) is 0 Å². The van der Waals surface area contributed by atoms with E-state index < -0.39 is 0 Å². The van der Waals surface area contributed by atoms with Gasteiger partial charge in [-0.1, -0.05) is 43.0 Å². The van der Waals surface area contributed by atoms with E-state index in [-0.39, 0.29) is 0 Å². The molecule has 0 atom stereocenters. The van der Waals surface area contributed by atoms with E-state index in [0.717, 1.165) is 18.1 Å². The second-order valence-corrected chi connectivity index (χ2v) is 4.94. The molecule has 0 radical (unpaired) electrons. The summed E-state index contributed by atoms with van der Waals surface area (Å²) in [6, 6.07) is 8.04. The molecule has 1 aromatic carbocycles. The molecule has 1 aliphatic rings. The first-order chi connectivity index (χ1) is 7.84. The molecule has 0 amide bonds. The minimum Gasteiger partial charge on any atom is -0.378 e. The Morgan fingerprint density at radius 3 is 2.44 bits per heavy atom. The van der Waals surface area contributed by atoms with Gasteiger partial charge in [0, 0.05) is 5.02 Å². The summed E-state index contributed by atoms with van der Waals surface area (Å²) >= 11 is 5.84. The van der Waals surface area contributed by atoms with Gasteiger partial charge in [-0.3, -0.25) is 0 Å². The average molecular weight is 239 g/mol. The predicted molar refractivity (Wildman–Crippen MR) is 68.0 cm³/mol. The Labute approximate surface area is 103 Å². The molecule has 0 saturated heterocycles. The summed E-state index contributed by atoms with van der Waals surface area (Å²) in [5.41, 5.74) is 1.31. The van der Waals surface area contributed by atoms with Crippen LogP contribution in [-0.2, 0) is 11.2 Å². The fourth-order valence-corrected chi connectivity index (χ4v) is 2.35. The minimum absolute atomic E-state index is 0.515. The van der Waals surface area contributed by atoms with E-state index in [1.807, 2.05) is 12.1 Å². The van der Waals surface area contributed by atoms with Crippen LogP contribution in [0.25, 0.3) is 0 Å². The van der Waals surface area contributed by atoms with Crippen LogP contribution in [-0.4, -0.2) is 12.7 Å². The van der Waals surface area contributed by atoms with Gasteiger partial charge >= 0.3 is 0 Å². The number of hydrogen-bond acceptors (Lipinski definition) is 1. The van der Waals surface area contributed by atoms with E-state index in [9.17, 15) is 0 Å². The third-order valence-electron chi connectivity index (χ3n) is 3.21. The minimum atomic E-state index is 0.515. The van der Waals surface area contributed by atoms with Gasteiger partial charge in [-0.2, -0.15) is 0 Å². The van der Waals surface area contributed by atoms with Crippen molar-refractivity contribution in [3.05, 3.63) is 34.9 Å². The van der Waals surface area contributed by atoms with Gasteiger partial charge in [-0.15, -0.1) is 0 Å². The van der Waals surface area contributed by atoms with Gasteiger partial charge in [-0.05, 0) is 37.0 Å². The molecule has 0 aromatic heterocycles. The highest BCUT2D eigenvalue weighted by Gasteiger charge is 2.12. The van der Waals surface area contributed by atoms with Gasteiger partial charge in [-0.25, -0.2) is 0 Å². The van der Waals surface area contributed by atoms with Gasteiger partial charge < -0.3 is 4.74 Å². The fourth-order valence-electron chi connectivity index (χ4n) is 2.23. The molecule has 88 valence electrons. The molecule has 0 heterocycles. The molecule has 1 aromatic rings. The first-order valence-corrected chi connectivity index (χ1v) is 6.58. The summed E-state index contributed by atoms with van der Waals surface area (Å²) < 4.78 is 5.88. The predicted octanol–water partition coefficient (Wildman–Crippen LogP) is 4.23. The van der Waals surface area contributed by atoms with Crippen LogP contribution in [0.15, 0.2) is 24.3 Å². The molecule has 0 bridgehead atoms. The van der Waals surface area contributed by atoms with Crippen molar-refractivity contribution in [1.82, 2.24) is 0 Å². The Morgan fingerprint density at radius 2 is 1.75 bits per heavy atom. The average Bonchev–Trinajstić information content (AvgIpc) is 2.33. The number of benzene rings is 1. The molecule has 0 aliphatic heterocycles. The van der Waals surface area contributed by atoms with Gasteiger partial charge in [0.05, 0.1) is 12.7 Å². The van der Waals surface area contributed by atoms with Crippen LogP contribution < -0.4 is 0 Å². The Hall–Kier alpha value is -0.530. The molecule has 0 unspecified atom stereocenters. The smallest absolute Gasteiger partial charge is 0.0575 e. The maximum atomic E-state index is 5.88. The third kappa shape index (κ3) is 3.80. The van der Waals surface area contributed by atoms with Crippen LogP contribution in [0.1, 0.15) is 37.7 Å². The summed E-state index contributed by atoms with van der Waals surface area (Å²) in [6.45, 7) is 0.840. The summed E-state index contributed by atoms with van der Waals surface area (Å²) in [5, 5.41) is 0.803. The van der Waals surface area contributed by atoms with Crippen LogP contribution in [0.3, 0.4) is 0 Å². The molecule has 2 rings (SSSR count). The van der Waals surface area contributed by atoms with E-state index in [0.29, 0.717) is 6.10 Å². The SMILES string of the molecule is Clc1ccc(CCOC2CCCCC2)cc1. The van der Waals surface area contributed by atoms with E-state index in [2.05, 4.69) is 12.1 Å². The van der Waals surface area contributed by atoms with E-state index in [1.165, 1.54) is 37.7 Å². The molecule has 16 heavy (non-hydrogen) atoms. The zero-order valence-electron chi connectivity index (χ0n) is 9.62. The number of hydrogen-bond donors (Lipinski definition) is 0. The Balaban J connectivity index is 1.69. The summed E-state index contributed by atoms with van der Waals surface area (Å²) in [5.74, 6) is 0. The monoisotopic (exact) mass is 238 g/mol. The quantitative estimate of drug-likeness (QED) is 0.763. The molecule has 1 nitrogen and oxygen atoms in total. The van der Waals surface area contributed by atoms with Crippen molar-refractivity contribution in [2.24, 2.45) is 0 Å². The first-order valence-electron chi connectivity index (χ1n) is 6.20. The maximum absolute atomic E-state index is 5.88. The topological polar surface area (TPSA) is 9.23 Å². The fraction of sp³-hybridized carbons (Fsp3) is 0.571. The Bertz CT molecular complexity index is 301. The maximum Gasteiger partial charge on any atom is 0.0575 e. The molecular weight excluding hydrogens is 220 g/mol. The van der Waals surface area contributed by atoms with Crippen LogP contribution >= 0.6 is 11.6 Å². The number of rotatable bonds is 4. The zero-order valence-corrected chi connectivity index (χ0v) is 10.4. The number of halogens is 1. The molecule has 1 fully saturated rings. The van der Waals surface area contributed by atoms with E-state index >= 15 is 0 Å². The van der Waals surface area contributed by atoms with Crippen molar-refractivity contribution < 1.29 is 4.74 Å². The second-order valence-electron chi connectivity index (χ2n) is 4.51. The Morgan fingerprint density at radius 1 is 1.06 bits per heavy atom. The molecule has 0 N–H and O–H groups in total. The van der Waals surface area contributed by atoms with E-state index in [4.69, 9.17) is 16.3 Å². The lowest BCUT2D eigenvalue weighted by Crippen LogP contribution is -2.17. The third-order valence-corrected chi connectivity index (χ3v) is 3.46. The van der Waals surface area contributed by atoms with Crippen molar-refractivity contribution in [2.45, 2.75) is 44.6 Å². The Kier molecular flexibility index (Phi) is 4.68. The highest BCUT2D eigenvalue weighted by atomic mass is 35.5. The normalized spacial score (nSPS) is 17.6. The molecule has 2 heteroatoms. The van der Waals surface area contributed by atoms with Crippen molar-refractivity contribution in [1.29, 1.82) is 0 Å². The van der Waals surface area contributed by atoms with Crippen LogP contribution in [0.5, 0.6) is 0 Å². The summed E-state index contributed by atoms with van der Waals surface area (Å²) in [4.78, 5) is 0. The van der Waals surface area contributed by atoms with Gasteiger partial charge in [0.15, 0.2) is 0 Å². The lowest BCUT2D eigenvalue weighted by atomic mass is 9.98. The first kappa shape index (κ1) is 11.9. The van der Waals surface area contributed by atoms with E-state index in [1.54, 1.807) is 0 Å². The summed E-state index contributed by atoms with van der Waals surface area (Å²) in [7, 11) is 0. The van der Waals surface area contributed by atoms with Gasteiger partial charge in [0.25, 0.3) is 0 Å². The van der Waals surface area contributed by atoms with Crippen LogP contribution in [0.4, 0.5) is 0 Å². The highest BCUT2D eigenvalue weighted by molar-refractivity contribution is 6.30. The van der Waals surface area contributed by atoms with Crippen molar-refractivity contribution in [3.8, 4) is 0 Å². The molecular formula is C14H19ClO. The highest BCUT2D eigenvalue weighted by Crippen LogP contribution is 2.20. The van der Waals surface area contributed by atoms with Gasteiger partial charge in [0.2, 0.25) is 0 Å². The largest absolute Gasteiger partial charge is 0.378 e. The molecule has 1 aliphatic carbocycles. The second kappa shape index (κ2) is 6.27. The van der Waals surface area contributed by atoms with Crippen molar-refractivity contribution >= 4 is 11.6 Å². The number of ether oxygens (including phenoxy) is 1. The van der Waals surface area contributed by atoms with Crippen molar-refractivity contribution in [2.75, 3.05) is 6.61 Å². The molecule has 0 spiro atoms. The van der Waals surface area contributed by atoms with Crippen LogP contribution in [0.2, 0.25) is 5.02 Å². The lowest BCUT2D eigenvalue weighted by molar-refractivity contribution is 0.0303. The van der Waals surface area contributed by atoms with Crippen molar-refractivity contribution in [3.63, 3.8) is 0 Å². The lowest BCUT2D eigenvalue weighted by Gasteiger charge is -2.21. The van der Waals surface area contributed by atoms with Crippen LogP contribution in [0, 0.1) is 0 Å².